The van der Waals surface area contributed by atoms with E-state index in [1.165, 1.54) is 10.9 Å². The number of thiophene rings is 1. The molecule has 1 aromatic heterocycles. The van der Waals surface area contributed by atoms with Gasteiger partial charge in [-0.1, -0.05) is 6.07 Å². The Labute approximate surface area is 126 Å². The van der Waals surface area contributed by atoms with Crippen molar-refractivity contribution in [3.05, 3.63) is 53.9 Å². The van der Waals surface area contributed by atoms with Gasteiger partial charge >= 0.3 is 0 Å². The van der Waals surface area contributed by atoms with E-state index in [1.807, 2.05) is 24.6 Å². The van der Waals surface area contributed by atoms with Crippen LogP contribution in [0.15, 0.2) is 34.1 Å². The molecule has 0 saturated heterocycles. The van der Waals surface area contributed by atoms with E-state index >= 15 is 0 Å². The van der Waals surface area contributed by atoms with Crippen molar-refractivity contribution in [1.29, 1.82) is 0 Å². The molecule has 1 heterocycles. The average molecular weight is 426 g/mol. The van der Waals surface area contributed by atoms with Crippen molar-refractivity contribution in [1.82, 2.24) is 5.32 Å². The van der Waals surface area contributed by atoms with Crippen LogP contribution in [-0.2, 0) is 0 Å². The Kier molecular flexibility index (Phi) is 4.57. The first kappa shape index (κ1) is 13.5. The summed E-state index contributed by atoms with van der Waals surface area (Å²) in [4.78, 5) is 1.21. The maximum atomic E-state index is 13.1. The Morgan fingerprint density at radius 3 is 2.71 bits per heavy atom. The van der Waals surface area contributed by atoms with E-state index < -0.39 is 0 Å². The van der Waals surface area contributed by atoms with Gasteiger partial charge in [0.05, 0.1) is 6.04 Å². The quantitative estimate of drug-likeness (QED) is 0.710. The van der Waals surface area contributed by atoms with Gasteiger partial charge < -0.3 is 5.32 Å². The summed E-state index contributed by atoms with van der Waals surface area (Å²) < 4.78 is 15.1. The second kappa shape index (κ2) is 5.77. The fourth-order valence-corrected chi connectivity index (χ4v) is 4.19. The summed E-state index contributed by atoms with van der Waals surface area (Å²) in [5.41, 5.74) is 1.10. The lowest BCUT2D eigenvalue weighted by molar-refractivity contribution is 0.622. The zero-order chi connectivity index (χ0) is 12.4. The van der Waals surface area contributed by atoms with Crippen LogP contribution in [0.3, 0.4) is 0 Å². The fraction of sp³-hybridized carbons (Fsp3) is 0.167. The molecule has 0 amide bonds. The summed E-state index contributed by atoms with van der Waals surface area (Å²) in [5.74, 6) is -0.196. The Morgan fingerprint density at radius 2 is 2.18 bits per heavy atom. The highest BCUT2D eigenvalue weighted by Gasteiger charge is 2.18. The summed E-state index contributed by atoms with van der Waals surface area (Å²) in [6.45, 7) is 0. The normalized spacial score (nSPS) is 12.7. The first-order valence-corrected chi connectivity index (χ1v) is 7.73. The highest BCUT2D eigenvalue weighted by molar-refractivity contribution is 14.1. The van der Waals surface area contributed by atoms with Crippen molar-refractivity contribution in [2.24, 2.45) is 0 Å². The largest absolute Gasteiger partial charge is 0.309 e. The van der Waals surface area contributed by atoms with E-state index in [0.29, 0.717) is 0 Å². The van der Waals surface area contributed by atoms with Gasteiger partial charge in [-0.05, 0) is 74.7 Å². The van der Waals surface area contributed by atoms with Crippen molar-refractivity contribution in [2.75, 3.05) is 7.05 Å². The van der Waals surface area contributed by atoms with Crippen molar-refractivity contribution < 1.29 is 4.39 Å². The van der Waals surface area contributed by atoms with Crippen LogP contribution in [0.1, 0.15) is 16.5 Å². The predicted octanol–water partition coefficient (Wildman–Crippen LogP) is 4.56. The van der Waals surface area contributed by atoms with Gasteiger partial charge in [0.15, 0.2) is 0 Å². The van der Waals surface area contributed by atoms with Crippen LogP contribution in [0.25, 0.3) is 0 Å². The third-order valence-electron chi connectivity index (χ3n) is 2.47. The number of halogens is 3. The van der Waals surface area contributed by atoms with E-state index in [2.05, 4.69) is 43.8 Å². The Bertz CT molecular complexity index is 529. The lowest BCUT2D eigenvalue weighted by atomic mass is 10.1. The van der Waals surface area contributed by atoms with Crippen LogP contribution < -0.4 is 5.32 Å². The summed E-state index contributed by atoms with van der Waals surface area (Å²) >= 11 is 7.39. The van der Waals surface area contributed by atoms with E-state index in [1.54, 1.807) is 17.4 Å². The monoisotopic (exact) mass is 425 g/mol. The van der Waals surface area contributed by atoms with Gasteiger partial charge in [0, 0.05) is 12.9 Å². The molecular weight excluding hydrogens is 416 g/mol. The average Bonchev–Trinajstić information content (AvgIpc) is 2.69. The minimum Gasteiger partial charge on any atom is -0.309 e. The second-order valence-corrected chi connectivity index (χ2v) is 6.48. The molecule has 0 spiro atoms. The summed E-state index contributed by atoms with van der Waals surface area (Å²) in [6, 6.07) is 7.02. The minimum atomic E-state index is -0.196. The number of rotatable bonds is 3. The fourth-order valence-electron chi connectivity index (χ4n) is 1.67. The van der Waals surface area contributed by atoms with Gasteiger partial charge in [-0.2, -0.15) is 0 Å². The van der Waals surface area contributed by atoms with Crippen molar-refractivity contribution in [3.8, 4) is 0 Å². The van der Waals surface area contributed by atoms with Crippen LogP contribution in [0.2, 0.25) is 0 Å². The molecule has 0 aliphatic rings. The van der Waals surface area contributed by atoms with Gasteiger partial charge in [-0.15, -0.1) is 11.3 Å². The molecule has 0 aliphatic carbocycles. The molecule has 0 radical (unpaired) electrons. The van der Waals surface area contributed by atoms with Crippen molar-refractivity contribution in [2.45, 2.75) is 6.04 Å². The van der Waals surface area contributed by atoms with Gasteiger partial charge in [-0.3, -0.25) is 0 Å². The molecule has 2 aromatic rings. The molecule has 90 valence electrons. The second-order valence-electron chi connectivity index (χ2n) is 3.52. The molecule has 1 nitrogen and oxygen atoms in total. The van der Waals surface area contributed by atoms with Gasteiger partial charge in [-0.25, -0.2) is 4.39 Å². The van der Waals surface area contributed by atoms with E-state index in [0.717, 1.165) is 13.6 Å². The number of hydrogen-bond donors (Lipinski definition) is 1. The number of benzene rings is 1. The van der Waals surface area contributed by atoms with Crippen LogP contribution in [0, 0.1) is 9.39 Å². The SMILES string of the molecule is CNC(c1ccc(F)cc1I)c1sccc1Br. The van der Waals surface area contributed by atoms with Gasteiger partial charge in [0.1, 0.15) is 5.82 Å². The number of nitrogens with one attached hydrogen (secondary N) is 1. The van der Waals surface area contributed by atoms with E-state index in [4.69, 9.17) is 0 Å². The van der Waals surface area contributed by atoms with Crippen LogP contribution >= 0.6 is 49.9 Å². The summed E-state index contributed by atoms with van der Waals surface area (Å²) in [5, 5.41) is 5.32. The highest BCUT2D eigenvalue weighted by Crippen LogP contribution is 2.34. The lowest BCUT2D eigenvalue weighted by Crippen LogP contribution is -2.18. The first-order valence-electron chi connectivity index (χ1n) is 4.98. The smallest absolute Gasteiger partial charge is 0.124 e. The van der Waals surface area contributed by atoms with Crippen LogP contribution in [0.5, 0.6) is 0 Å². The van der Waals surface area contributed by atoms with Gasteiger partial charge in [0.2, 0.25) is 0 Å². The molecule has 0 saturated carbocycles. The third kappa shape index (κ3) is 2.89. The van der Waals surface area contributed by atoms with Crippen molar-refractivity contribution >= 4 is 49.9 Å². The molecule has 2 rings (SSSR count). The van der Waals surface area contributed by atoms with Crippen LogP contribution in [-0.4, -0.2) is 7.05 Å². The first-order chi connectivity index (χ1) is 8.13. The molecular formula is C12H10BrFINS. The molecule has 17 heavy (non-hydrogen) atoms. The predicted molar refractivity (Wildman–Crippen MR) is 82.0 cm³/mol. The Morgan fingerprint density at radius 1 is 1.41 bits per heavy atom. The lowest BCUT2D eigenvalue weighted by Gasteiger charge is -2.17. The van der Waals surface area contributed by atoms with Crippen LogP contribution in [0.4, 0.5) is 4.39 Å². The van der Waals surface area contributed by atoms with Gasteiger partial charge in [0.25, 0.3) is 0 Å². The summed E-state index contributed by atoms with van der Waals surface area (Å²) in [7, 11) is 1.91. The summed E-state index contributed by atoms with van der Waals surface area (Å²) in [6.07, 6.45) is 0. The molecule has 1 atom stereocenters. The van der Waals surface area contributed by atoms with E-state index in [-0.39, 0.29) is 11.9 Å². The standard InChI is InChI=1S/C12H10BrFINS/c1-16-11(12-9(13)4-5-17-12)8-3-2-7(14)6-10(8)15/h2-6,11,16H,1H3. The maximum Gasteiger partial charge on any atom is 0.124 e. The Hall–Kier alpha value is 0.0200. The highest BCUT2D eigenvalue weighted by atomic mass is 127. The number of hydrogen-bond acceptors (Lipinski definition) is 2. The molecule has 1 unspecified atom stereocenters. The minimum absolute atomic E-state index is 0.0943. The topological polar surface area (TPSA) is 12.0 Å². The zero-order valence-corrected chi connectivity index (χ0v) is 13.6. The molecule has 5 heteroatoms. The van der Waals surface area contributed by atoms with Crippen molar-refractivity contribution in [3.63, 3.8) is 0 Å². The molecule has 1 N–H and O–H groups in total. The molecule has 1 aromatic carbocycles. The maximum absolute atomic E-state index is 13.1. The Balaban J connectivity index is 2.46. The van der Waals surface area contributed by atoms with E-state index in [9.17, 15) is 4.39 Å². The molecule has 0 aliphatic heterocycles. The molecule has 0 bridgehead atoms. The molecule has 0 fully saturated rings. The third-order valence-corrected chi connectivity index (χ3v) is 5.34. The zero-order valence-electron chi connectivity index (χ0n) is 9.01.